The summed E-state index contributed by atoms with van der Waals surface area (Å²) in [6.07, 6.45) is 1.74. The van der Waals surface area contributed by atoms with E-state index >= 15 is 0 Å². The van der Waals surface area contributed by atoms with Crippen molar-refractivity contribution in [2.45, 2.75) is 40.2 Å². The monoisotopic (exact) mass is 324 g/mol. The number of fused-ring (bicyclic) bond motifs is 1. The second-order valence-corrected chi connectivity index (χ2v) is 7.28. The summed E-state index contributed by atoms with van der Waals surface area (Å²) in [4.78, 5) is 38.8. The molecule has 0 saturated heterocycles. The summed E-state index contributed by atoms with van der Waals surface area (Å²) < 4.78 is 1.41. The number of nitrogens with zero attached hydrogens (tertiary/aromatic N) is 1. The molecule has 5 heteroatoms. The van der Waals surface area contributed by atoms with Crippen LogP contribution < -0.4 is 10.9 Å². The minimum Gasteiger partial charge on any atom is -0.352 e. The highest BCUT2D eigenvalue weighted by Crippen LogP contribution is 2.34. The van der Waals surface area contributed by atoms with E-state index in [-0.39, 0.29) is 28.5 Å². The maximum atomic E-state index is 13.2. The summed E-state index contributed by atoms with van der Waals surface area (Å²) in [5.74, 6) is -0.576. The number of ketones is 2. The fourth-order valence-corrected chi connectivity index (χ4v) is 3.39. The molecule has 0 spiro atoms. The molecule has 1 aliphatic carbocycles. The van der Waals surface area contributed by atoms with E-state index < -0.39 is 5.54 Å². The van der Waals surface area contributed by atoms with Crippen molar-refractivity contribution in [1.29, 1.82) is 0 Å². The number of allylic oxidation sites excluding steroid dienone is 4. The van der Waals surface area contributed by atoms with Gasteiger partial charge in [0, 0.05) is 17.3 Å². The summed E-state index contributed by atoms with van der Waals surface area (Å²) in [6.45, 7) is 12.8. The van der Waals surface area contributed by atoms with Gasteiger partial charge in [-0.3, -0.25) is 19.0 Å². The van der Waals surface area contributed by atoms with Crippen molar-refractivity contribution in [3.8, 4) is 0 Å². The molecule has 0 fully saturated rings. The number of carbonyl (C=O) groups is 2. The second kappa shape index (κ2) is 4.90. The van der Waals surface area contributed by atoms with Gasteiger partial charge in [0.05, 0.1) is 11.1 Å². The highest BCUT2D eigenvalue weighted by atomic mass is 16.1. The molecule has 24 heavy (non-hydrogen) atoms. The Hall–Kier alpha value is -2.69. The largest absolute Gasteiger partial charge is 0.352 e. The van der Waals surface area contributed by atoms with Crippen LogP contribution in [0.2, 0.25) is 0 Å². The van der Waals surface area contributed by atoms with Crippen LogP contribution in [-0.2, 0) is 5.54 Å². The van der Waals surface area contributed by atoms with E-state index in [9.17, 15) is 14.4 Å². The number of Topliss-reactive ketones (excluding diaryl/α,β-unsaturated/α-hetero) is 2. The van der Waals surface area contributed by atoms with Gasteiger partial charge < -0.3 is 5.32 Å². The van der Waals surface area contributed by atoms with Crippen LogP contribution >= 0.6 is 0 Å². The summed E-state index contributed by atoms with van der Waals surface area (Å²) in [6, 6.07) is 1.43. The summed E-state index contributed by atoms with van der Waals surface area (Å²) in [5, 5.41) is 2.91. The van der Waals surface area contributed by atoms with E-state index in [4.69, 9.17) is 0 Å². The Labute approximate surface area is 140 Å². The molecule has 1 aromatic rings. The van der Waals surface area contributed by atoms with Gasteiger partial charge in [-0.2, -0.15) is 0 Å². The molecule has 0 radical (unpaired) electrons. The SMILES string of the molecule is C=C1C=C(C)C2=C(N1)C(=O)c1c(c(C)cc(=O)n1C(C)(C)C)C2=O. The number of hydrogen-bond donors (Lipinski definition) is 1. The predicted octanol–water partition coefficient (Wildman–Crippen LogP) is 2.61. The highest BCUT2D eigenvalue weighted by Gasteiger charge is 2.39. The van der Waals surface area contributed by atoms with Gasteiger partial charge in [0.15, 0.2) is 5.78 Å². The molecule has 3 rings (SSSR count). The van der Waals surface area contributed by atoms with Crippen LogP contribution in [0.25, 0.3) is 0 Å². The number of nitrogens with one attached hydrogen (secondary N) is 1. The fraction of sp³-hybridized carbons (Fsp3) is 0.316. The third-order valence-electron chi connectivity index (χ3n) is 4.30. The lowest BCUT2D eigenvalue weighted by molar-refractivity contribution is 0.0956. The maximum Gasteiger partial charge on any atom is 0.251 e. The summed E-state index contributed by atoms with van der Waals surface area (Å²) in [7, 11) is 0. The zero-order chi connectivity index (χ0) is 18.0. The Morgan fingerprint density at radius 3 is 2.29 bits per heavy atom. The summed E-state index contributed by atoms with van der Waals surface area (Å²) >= 11 is 0. The zero-order valence-electron chi connectivity index (χ0n) is 14.5. The van der Waals surface area contributed by atoms with Crippen molar-refractivity contribution in [3.63, 3.8) is 0 Å². The molecule has 2 aliphatic rings. The van der Waals surface area contributed by atoms with Crippen molar-refractivity contribution in [2.75, 3.05) is 0 Å². The first-order valence-electron chi connectivity index (χ1n) is 7.79. The van der Waals surface area contributed by atoms with Crippen LogP contribution in [0.3, 0.4) is 0 Å². The molecule has 1 aromatic heterocycles. The third-order valence-corrected chi connectivity index (χ3v) is 4.30. The first kappa shape index (κ1) is 16.2. The molecule has 0 unspecified atom stereocenters. The molecule has 124 valence electrons. The van der Waals surface area contributed by atoms with Gasteiger partial charge in [0.2, 0.25) is 5.78 Å². The normalized spacial score (nSPS) is 17.4. The smallest absolute Gasteiger partial charge is 0.251 e. The van der Waals surface area contributed by atoms with Crippen LogP contribution in [0.1, 0.15) is 54.1 Å². The minimum atomic E-state index is -0.626. The van der Waals surface area contributed by atoms with E-state index in [1.165, 1.54) is 10.6 Å². The van der Waals surface area contributed by atoms with Crippen molar-refractivity contribution >= 4 is 11.6 Å². The molecule has 5 nitrogen and oxygen atoms in total. The lowest BCUT2D eigenvalue weighted by Gasteiger charge is -2.32. The Morgan fingerprint density at radius 1 is 1.08 bits per heavy atom. The average Bonchev–Trinajstić information content (AvgIpc) is 2.41. The number of aryl methyl sites for hydroxylation is 1. The molecule has 0 atom stereocenters. The lowest BCUT2D eigenvalue weighted by Crippen LogP contribution is -2.43. The number of dihydropyridines is 1. The van der Waals surface area contributed by atoms with Crippen molar-refractivity contribution in [2.24, 2.45) is 0 Å². The molecule has 0 saturated carbocycles. The third kappa shape index (κ3) is 2.12. The van der Waals surface area contributed by atoms with Gasteiger partial charge in [0.25, 0.3) is 5.56 Å². The van der Waals surface area contributed by atoms with Gasteiger partial charge in [-0.15, -0.1) is 0 Å². The second-order valence-electron chi connectivity index (χ2n) is 7.28. The molecule has 2 heterocycles. The molecular formula is C19H20N2O3. The van der Waals surface area contributed by atoms with Gasteiger partial charge in [-0.1, -0.05) is 6.58 Å². The number of carbonyl (C=O) groups excluding carboxylic acids is 2. The molecule has 0 aromatic carbocycles. The predicted molar refractivity (Wildman–Crippen MR) is 92.2 cm³/mol. The molecule has 1 N–H and O–H groups in total. The fourth-order valence-electron chi connectivity index (χ4n) is 3.39. The number of aromatic nitrogens is 1. The molecular weight excluding hydrogens is 304 g/mol. The Bertz CT molecular complexity index is 950. The quantitative estimate of drug-likeness (QED) is 0.796. The number of rotatable bonds is 0. The number of hydrogen-bond acceptors (Lipinski definition) is 4. The average molecular weight is 324 g/mol. The first-order chi connectivity index (χ1) is 11.0. The van der Waals surface area contributed by atoms with Gasteiger partial charge >= 0.3 is 0 Å². The van der Waals surface area contributed by atoms with Crippen LogP contribution in [0.5, 0.6) is 0 Å². The van der Waals surface area contributed by atoms with E-state index in [1.807, 2.05) is 20.8 Å². The van der Waals surface area contributed by atoms with E-state index in [2.05, 4.69) is 11.9 Å². The zero-order valence-corrected chi connectivity index (χ0v) is 14.5. The van der Waals surface area contributed by atoms with Crippen molar-refractivity contribution in [1.82, 2.24) is 9.88 Å². The van der Waals surface area contributed by atoms with E-state index in [0.29, 0.717) is 28.0 Å². The van der Waals surface area contributed by atoms with Crippen LogP contribution in [0.4, 0.5) is 0 Å². The van der Waals surface area contributed by atoms with Crippen LogP contribution in [-0.4, -0.2) is 16.1 Å². The molecule has 0 bridgehead atoms. The maximum absolute atomic E-state index is 13.2. The highest BCUT2D eigenvalue weighted by molar-refractivity contribution is 6.28. The Morgan fingerprint density at radius 2 is 1.71 bits per heavy atom. The number of pyridine rings is 1. The van der Waals surface area contributed by atoms with Crippen LogP contribution in [0.15, 0.2) is 46.1 Å². The minimum absolute atomic E-state index is 0.159. The van der Waals surface area contributed by atoms with Gasteiger partial charge in [0.1, 0.15) is 11.4 Å². The van der Waals surface area contributed by atoms with E-state index in [1.54, 1.807) is 19.9 Å². The topological polar surface area (TPSA) is 68.2 Å². The standard InChI is InChI=1S/C19H20N2O3/c1-9-7-11(3)20-15-13(9)17(23)14-10(2)8-12(22)21(19(4,5)6)16(14)18(15)24/h7-8,20H,3H2,1-2,4-6H3. The molecule has 0 amide bonds. The van der Waals surface area contributed by atoms with Crippen LogP contribution in [0, 0.1) is 6.92 Å². The Balaban J connectivity index is 2.43. The summed E-state index contributed by atoms with van der Waals surface area (Å²) in [5.41, 5.74) is 1.91. The van der Waals surface area contributed by atoms with Crippen molar-refractivity contribution in [3.05, 3.63) is 68.4 Å². The van der Waals surface area contributed by atoms with Gasteiger partial charge in [-0.05, 0) is 51.8 Å². The first-order valence-corrected chi connectivity index (χ1v) is 7.79. The lowest BCUT2D eigenvalue weighted by atomic mass is 9.82. The molecule has 1 aliphatic heterocycles. The van der Waals surface area contributed by atoms with E-state index in [0.717, 1.165) is 0 Å². The van der Waals surface area contributed by atoms with Gasteiger partial charge in [-0.25, -0.2) is 0 Å². The van der Waals surface area contributed by atoms with Crippen molar-refractivity contribution < 1.29 is 9.59 Å². The Kier molecular flexibility index (Phi) is 3.30.